The van der Waals surface area contributed by atoms with E-state index in [0.29, 0.717) is 67.9 Å². The third-order valence-electron chi connectivity index (χ3n) is 8.38. The number of thiazole rings is 1. The van der Waals surface area contributed by atoms with E-state index in [9.17, 15) is 9.59 Å². The molecule has 2 aliphatic rings. The number of aromatic nitrogens is 6. The van der Waals surface area contributed by atoms with E-state index < -0.39 is 0 Å². The molecule has 2 aliphatic heterocycles. The van der Waals surface area contributed by atoms with Crippen molar-refractivity contribution in [1.82, 2.24) is 39.5 Å². The van der Waals surface area contributed by atoms with Gasteiger partial charge in [-0.1, -0.05) is 6.08 Å². The SMILES string of the molecule is CCN(C(=O)C1CCN(CC(=O)N2CC=C(c3ncc(-c4ncn(C)n4)s3)CC2)C1)c1ccc(N)c(C(=N)c2ccc(OC)nc2)n1. The predicted octanol–water partition coefficient (Wildman–Crippen LogP) is 2.73. The molecule has 0 aliphatic carbocycles. The molecule has 4 aromatic rings. The van der Waals surface area contributed by atoms with Gasteiger partial charge in [0, 0.05) is 57.3 Å². The smallest absolute Gasteiger partial charge is 0.237 e. The van der Waals surface area contributed by atoms with Gasteiger partial charge in [0.2, 0.25) is 17.7 Å². The molecule has 3 N–H and O–H groups in total. The number of pyridine rings is 2. The molecule has 15 heteroatoms. The zero-order valence-electron chi connectivity index (χ0n) is 26.6. The summed E-state index contributed by atoms with van der Waals surface area (Å²) in [6, 6.07) is 6.76. The summed E-state index contributed by atoms with van der Waals surface area (Å²) in [5, 5.41) is 14.0. The van der Waals surface area contributed by atoms with E-state index in [1.807, 2.05) is 18.9 Å². The van der Waals surface area contributed by atoms with Crippen molar-refractivity contribution in [3.63, 3.8) is 0 Å². The number of nitrogens with two attached hydrogens (primary N) is 1. The van der Waals surface area contributed by atoms with Crippen molar-refractivity contribution in [3.05, 3.63) is 65.3 Å². The number of nitrogen functional groups attached to an aromatic ring is 1. The molecule has 4 aromatic heterocycles. The second kappa shape index (κ2) is 13.8. The van der Waals surface area contributed by atoms with E-state index in [4.69, 9.17) is 15.9 Å². The largest absolute Gasteiger partial charge is 0.481 e. The minimum Gasteiger partial charge on any atom is -0.481 e. The summed E-state index contributed by atoms with van der Waals surface area (Å²) in [4.78, 5) is 51.1. The van der Waals surface area contributed by atoms with Crippen LogP contribution in [0.4, 0.5) is 11.5 Å². The van der Waals surface area contributed by atoms with Gasteiger partial charge < -0.3 is 15.4 Å². The number of nitrogens with zero attached hydrogens (tertiary/aromatic N) is 9. The highest BCUT2D eigenvalue weighted by molar-refractivity contribution is 7.16. The number of ether oxygens (including phenoxy) is 1. The molecule has 0 saturated carbocycles. The van der Waals surface area contributed by atoms with Gasteiger partial charge in [0.05, 0.1) is 35.8 Å². The molecule has 1 unspecified atom stereocenters. The summed E-state index contributed by atoms with van der Waals surface area (Å²) < 4.78 is 6.78. The quantitative estimate of drug-likeness (QED) is 0.242. The Bertz CT molecular complexity index is 1820. The molecule has 2 amide bonds. The van der Waals surface area contributed by atoms with Crippen LogP contribution >= 0.6 is 11.3 Å². The Morgan fingerprint density at radius 2 is 2.00 bits per heavy atom. The first-order chi connectivity index (χ1) is 22.7. The monoisotopic (exact) mass is 655 g/mol. The van der Waals surface area contributed by atoms with Crippen LogP contribution in [0.3, 0.4) is 0 Å². The number of nitrogens with one attached hydrogen (secondary N) is 1. The number of aryl methyl sites for hydroxylation is 1. The number of amides is 2. The number of carbonyl (C=O) groups excluding carboxylic acids is 2. The van der Waals surface area contributed by atoms with Crippen LogP contribution in [0, 0.1) is 11.3 Å². The molecule has 0 bridgehead atoms. The maximum Gasteiger partial charge on any atom is 0.237 e. The van der Waals surface area contributed by atoms with E-state index in [0.717, 1.165) is 21.9 Å². The van der Waals surface area contributed by atoms with Crippen LogP contribution in [0.25, 0.3) is 16.3 Å². The van der Waals surface area contributed by atoms with Crippen LogP contribution < -0.4 is 15.4 Å². The molecule has 1 atom stereocenters. The Morgan fingerprint density at radius 3 is 2.68 bits per heavy atom. The predicted molar refractivity (Wildman–Crippen MR) is 179 cm³/mol. The lowest BCUT2D eigenvalue weighted by atomic mass is 10.1. The first-order valence-corrected chi connectivity index (χ1v) is 16.2. The van der Waals surface area contributed by atoms with Crippen LogP contribution in [-0.4, -0.2) is 103 Å². The summed E-state index contributed by atoms with van der Waals surface area (Å²) in [5.74, 6) is 1.26. The highest BCUT2D eigenvalue weighted by atomic mass is 32.1. The van der Waals surface area contributed by atoms with E-state index in [-0.39, 0.29) is 35.7 Å². The van der Waals surface area contributed by atoms with Gasteiger partial charge in [-0.3, -0.25) is 29.5 Å². The van der Waals surface area contributed by atoms with Crippen LogP contribution in [0.1, 0.15) is 36.0 Å². The molecular weight excluding hydrogens is 618 g/mol. The zero-order valence-corrected chi connectivity index (χ0v) is 27.4. The van der Waals surface area contributed by atoms with E-state index in [2.05, 4.69) is 36.0 Å². The van der Waals surface area contributed by atoms with Crippen molar-refractivity contribution >= 4 is 45.9 Å². The summed E-state index contributed by atoms with van der Waals surface area (Å²) >= 11 is 1.56. The van der Waals surface area contributed by atoms with Crippen LogP contribution in [0.5, 0.6) is 5.88 Å². The van der Waals surface area contributed by atoms with Gasteiger partial charge in [-0.05, 0) is 50.1 Å². The molecule has 244 valence electrons. The standard InChI is InChI=1S/C32H37N11O3S/c1-4-43(25-7-6-23(33)29(38-25)28(34)21-5-8-26(46-3)35-15-21)32(45)22-9-12-41(17-22)18-27(44)42-13-10-20(11-14-42)31-36-16-24(47-31)30-37-19-40(2)39-30/h5-8,10,15-16,19,22,34H,4,9,11-14,17-18,33H2,1-3H3. The molecule has 6 rings (SSSR count). The molecule has 14 nitrogen and oxygen atoms in total. The van der Waals surface area contributed by atoms with Gasteiger partial charge in [0.25, 0.3) is 0 Å². The maximum absolute atomic E-state index is 13.7. The minimum absolute atomic E-state index is 0.0506. The summed E-state index contributed by atoms with van der Waals surface area (Å²) in [6.07, 6.45) is 8.45. The Kier molecular flexibility index (Phi) is 9.36. The molecular formula is C32H37N11O3S. The Hall–Kier alpha value is -5.02. The molecule has 1 saturated heterocycles. The van der Waals surface area contributed by atoms with E-state index in [1.165, 1.54) is 13.3 Å². The third kappa shape index (κ3) is 6.90. The summed E-state index contributed by atoms with van der Waals surface area (Å²) in [7, 11) is 3.36. The summed E-state index contributed by atoms with van der Waals surface area (Å²) in [6.45, 7) is 4.87. The highest BCUT2D eigenvalue weighted by Gasteiger charge is 2.34. The summed E-state index contributed by atoms with van der Waals surface area (Å²) in [5.41, 5.74) is 8.58. The van der Waals surface area contributed by atoms with Crippen molar-refractivity contribution in [2.24, 2.45) is 13.0 Å². The van der Waals surface area contributed by atoms with Crippen molar-refractivity contribution in [2.45, 2.75) is 19.8 Å². The Balaban J connectivity index is 1.04. The topological polar surface area (TPSA) is 172 Å². The number of likely N-dealkylation sites (tertiary alicyclic amines) is 1. The molecule has 0 aromatic carbocycles. The second-order valence-electron chi connectivity index (χ2n) is 11.5. The molecule has 47 heavy (non-hydrogen) atoms. The average molecular weight is 656 g/mol. The molecule has 0 spiro atoms. The molecule has 1 fully saturated rings. The van der Waals surface area contributed by atoms with E-state index in [1.54, 1.807) is 57.7 Å². The fraction of sp³-hybridized carbons (Fsp3) is 0.375. The fourth-order valence-electron chi connectivity index (χ4n) is 5.78. The number of hydrogen-bond donors (Lipinski definition) is 2. The van der Waals surface area contributed by atoms with Crippen molar-refractivity contribution in [1.29, 1.82) is 5.41 Å². The lowest BCUT2D eigenvalue weighted by Crippen LogP contribution is -2.42. The van der Waals surface area contributed by atoms with Gasteiger partial charge in [0.1, 0.15) is 22.8 Å². The van der Waals surface area contributed by atoms with Gasteiger partial charge in [-0.15, -0.1) is 11.3 Å². The average Bonchev–Trinajstić information content (AvgIpc) is 3.87. The third-order valence-corrected chi connectivity index (χ3v) is 9.45. The Labute approximate surface area is 276 Å². The van der Waals surface area contributed by atoms with E-state index >= 15 is 0 Å². The van der Waals surface area contributed by atoms with Crippen LogP contribution in [0.15, 0.2) is 49.1 Å². The highest BCUT2D eigenvalue weighted by Crippen LogP contribution is 2.31. The first kappa shape index (κ1) is 31.9. The lowest BCUT2D eigenvalue weighted by Gasteiger charge is -2.28. The first-order valence-electron chi connectivity index (χ1n) is 15.4. The van der Waals surface area contributed by atoms with Gasteiger partial charge in [-0.2, -0.15) is 5.10 Å². The van der Waals surface area contributed by atoms with Crippen LogP contribution in [-0.2, 0) is 16.6 Å². The fourth-order valence-corrected chi connectivity index (χ4v) is 6.70. The Morgan fingerprint density at radius 1 is 1.15 bits per heavy atom. The molecule has 0 radical (unpaired) electrons. The second-order valence-corrected chi connectivity index (χ2v) is 12.5. The number of methoxy groups -OCH3 is 1. The van der Waals surface area contributed by atoms with Gasteiger partial charge in [-0.25, -0.2) is 19.9 Å². The van der Waals surface area contributed by atoms with Gasteiger partial charge >= 0.3 is 0 Å². The number of hydrogen-bond acceptors (Lipinski definition) is 12. The van der Waals surface area contributed by atoms with Crippen molar-refractivity contribution in [2.75, 3.05) is 57.0 Å². The zero-order chi connectivity index (χ0) is 33.1. The number of carbonyl (C=O) groups is 2. The lowest BCUT2D eigenvalue weighted by molar-refractivity contribution is -0.132. The van der Waals surface area contributed by atoms with Crippen LogP contribution in [0.2, 0.25) is 0 Å². The normalized spacial score (nSPS) is 16.6. The number of rotatable bonds is 10. The minimum atomic E-state index is -0.267. The number of anilines is 2. The van der Waals surface area contributed by atoms with Gasteiger partial charge in [0.15, 0.2) is 5.82 Å². The maximum atomic E-state index is 13.7. The van der Waals surface area contributed by atoms with Crippen molar-refractivity contribution < 1.29 is 14.3 Å². The molecule has 6 heterocycles. The van der Waals surface area contributed by atoms with Crippen molar-refractivity contribution in [3.8, 4) is 16.6 Å².